The molecule has 1 atom stereocenters. The van der Waals surface area contributed by atoms with E-state index >= 15 is 0 Å². The fourth-order valence-electron chi connectivity index (χ4n) is 3.28. The lowest BCUT2D eigenvalue weighted by molar-refractivity contribution is -0.150. The number of fused-ring (bicyclic) bond motifs is 1. The zero-order valence-electron chi connectivity index (χ0n) is 20.2. The van der Waals surface area contributed by atoms with Crippen molar-refractivity contribution < 1.29 is 14.3 Å². The number of carbonyl (C=O) groups excluding carboxylic acids is 1. The van der Waals surface area contributed by atoms with Crippen molar-refractivity contribution in [2.24, 2.45) is 5.10 Å². The molecular weight excluding hydrogens is 500 g/mol. The van der Waals surface area contributed by atoms with Gasteiger partial charge >= 0.3 is 5.97 Å². The number of benzene rings is 2. The van der Waals surface area contributed by atoms with E-state index in [1.807, 2.05) is 63.2 Å². The molecule has 0 bridgehead atoms. The van der Waals surface area contributed by atoms with Crippen LogP contribution in [0.5, 0.6) is 5.75 Å². The molecular formula is C25H29BrN4O4. The fourth-order valence-corrected chi connectivity index (χ4v) is 3.64. The first-order chi connectivity index (χ1) is 16.1. The average Bonchev–Trinajstić information content (AvgIpc) is 2.79. The molecule has 0 aliphatic rings. The number of anilines is 1. The largest absolute Gasteiger partial charge is 0.478 e. The molecule has 9 heteroatoms. The first-order valence-corrected chi connectivity index (χ1v) is 11.8. The highest BCUT2D eigenvalue weighted by Crippen LogP contribution is 2.25. The number of ether oxygens (including phenoxy) is 2. The number of nitrogens with zero attached hydrogens (tertiary/aromatic N) is 4. The van der Waals surface area contributed by atoms with E-state index in [2.05, 4.69) is 26.0 Å². The zero-order valence-corrected chi connectivity index (χ0v) is 21.8. The molecule has 3 rings (SSSR count). The lowest BCUT2D eigenvalue weighted by Gasteiger charge is -2.19. The maximum absolute atomic E-state index is 13.3. The maximum atomic E-state index is 13.3. The second-order valence-corrected chi connectivity index (χ2v) is 9.19. The van der Waals surface area contributed by atoms with Gasteiger partial charge in [0, 0.05) is 41.8 Å². The van der Waals surface area contributed by atoms with Crippen LogP contribution >= 0.6 is 15.9 Å². The highest BCUT2D eigenvalue weighted by atomic mass is 79.9. The molecule has 34 heavy (non-hydrogen) atoms. The van der Waals surface area contributed by atoms with Crippen molar-refractivity contribution in [3.05, 3.63) is 62.6 Å². The summed E-state index contributed by atoms with van der Waals surface area (Å²) in [6, 6.07) is 11.0. The summed E-state index contributed by atoms with van der Waals surface area (Å²) < 4.78 is 13.1. The van der Waals surface area contributed by atoms with Gasteiger partial charge < -0.3 is 14.4 Å². The molecule has 0 spiro atoms. The van der Waals surface area contributed by atoms with Crippen LogP contribution in [0.3, 0.4) is 0 Å². The van der Waals surface area contributed by atoms with E-state index in [1.165, 1.54) is 4.68 Å². The van der Waals surface area contributed by atoms with E-state index in [0.717, 1.165) is 10.2 Å². The summed E-state index contributed by atoms with van der Waals surface area (Å²) in [6.45, 7) is 7.56. The Labute approximate surface area is 207 Å². The minimum atomic E-state index is -0.807. The van der Waals surface area contributed by atoms with Crippen LogP contribution in [-0.4, -0.2) is 48.7 Å². The third kappa shape index (κ3) is 5.64. The van der Waals surface area contributed by atoms with Crippen LogP contribution in [-0.2, 0) is 9.53 Å². The van der Waals surface area contributed by atoms with Gasteiger partial charge in [-0.25, -0.2) is 9.78 Å². The number of halogens is 1. The molecule has 0 aliphatic carbocycles. The second kappa shape index (κ2) is 10.8. The molecule has 1 aromatic heterocycles. The molecule has 0 radical (unpaired) electrons. The lowest BCUT2D eigenvalue weighted by Crippen LogP contribution is -2.26. The maximum Gasteiger partial charge on any atom is 0.347 e. The summed E-state index contributed by atoms with van der Waals surface area (Å²) in [6.07, 6.45) is 0.740. The van der Waals surface area contributed by atoms with E-state index in [1.54, 1.807) is 26.1 Å². The molecule has 0 N–H and O–H groups in total. The van der Waals surface area contributed by atoms with Gasteiger partial charge in [0.1, 0.15) is 11.6 Å². The molecule has 180 valence electrons. The molecule has 0 aliphatic heterocycles. The summed E-state index contributed by atoms with van der Waals surface area (Å²) in [7, 11) is 3.82. The van der Waals surface area contributed by atoms with Gasteiger partial charge in [0.05, 0.1) is 23.7 Å². The summed E-state index contributed by atoms with van der Waals surface area (Å²) in [5.41, 5.74) is 1.85. The predicted octanol–water partition coefficient (Wildman–Crippen LogP) is 4.56. The topological polar surface area (TPSA) is 86.0 Å². The molecule has 0 saturated carbocycles. The number of hydrogen-bond acceptors (Lipinski definition) is 7. The molecule has 1 heterocycles. The molecule has 0 saturated heterocycles. The quantitative estimate of drug-likeness (QED) is 0.314. The zero-order chi connectivity index (χ0) is 25.0. The van der Waals surface area contributed by atoms with Crippen molar-refractivity contribution in [3.8, 4) is 5.75 Å². The minimum Gasteiger partial charge on any atom is -0.478 e. The van der Waals surface area contributed by atoms with Crippen LogP contribution in [0, 0.1) is 0 Å². The number of rotatable bonds is 8. The molecule has 2 aromatic carbocycles. The Kier molecular flexibility index (Phi) is 8.09. The number of carbonyl (C=O) groups is 1. The van der Waals surface area contributed by atoms with Crippen molar-refractivity contribution in [1.29, 1.82) is 0 Å². The van der Waals surface area contributed by atoms with Crippen LogP contribution in [0.25, 0.3) is 10.9 Å². The van der Waals surface area contributed by atoms with Crippen LogP contribution in [0.15, 0.2) is 50.8 Å². The lowest BCUT2D eigenvalue weighted by atomic mass is 10.1. The van der Waals surface area contributed by atoms with Crippen LogP contribution < -0.4 is 15.2 Å². The average molecular weight is 529 g/mol. The van der Waals surface area contributed by atoms with Crippen molar-refractivity contribution in [3.63, 3.8) is 0 Å². The van der Waals surface area contributed by atoms with Gasteiger partial charge in [0.25, 0.3) is 5.56 Å². The second-order valence-electron chi connectivity index (χ2n) is 8.28. The Morgan fingerprint density at radius 1 is 1.21 bits per heavy atom. The highest BCUT2D eigenvalue weighted by molar-refractivity contribution is 9.10. The normalized spacial score (nSPS) is 12.4. The fraction of sp³-hybridized carbons (Fsp3) is 0.360. The van der Waals surface area contributed by atoms with Gasteiger partial charge in [-0.3, -0.25) is 4.79 Å². The molecule has 0 unspecified atom stereocenters. The van der Waals surface area contributed by atoms with Gasteiger partial charge in [0.2, 0.25) is 0 Å². The van der Waals surface area contributed by atoms with E-state index in [0.29, 0.717) is 28.0 Å². The van der Waals surface area contributed by atoms with E-state index in [9.17, 15) is 9.59 Å². The minimum absolute atomic E-state index is 0.0337. The van der Waals surface area contributed by atoms with Gasteiger partial charge in [-0.05, 0) is 44.2 Å². The third-order valence-corrected chi connectivity index (χ3v) is 5.59. The van der Waals surface area contributed by atoms with Crippen molar-refractivity contribution in [1.82, 2.24) is 9.66 Å². The molecule has 8 nitrogen and oxygen atoms in total. The van der Waals surface area contributed by atoms with Gasteiger partial charge in [-0.15, -0.1) is 0 Å². The summed E-state index contributed by atoms with van der Waals surface area (Å²) >= 11 is 3.42. The Hall–Kier alpha value is -3.20. The highest BCUT2D eigenvalue weighted by Gasteiger charge is 2.18. The van der Waals surface area contributed by atoms with Crippen molar-refractivity contribution >= 4 is 44.7 Å². The summed E-state index contributed by atoms with van der Waals surface area (Å²) in [4.78, 5) is 32.0. The van der Waals surface area contributed by atoms with Crippen molar-refractivity contribution in [2.45, 2.75) is 39.7 Å². The van der Waals surface area contributed by atoms with Gasteiger partial charge in [-0.1, -0.05) is 29.8 Å². The third-order valence-electron chi connectivity index (χ3n) is 5.10. The van der Waals surface area contributed by atoms with Crippen LogP contribution in [0.4, 0.5) is 5.69 Å². The summed E-state index contributed by atoms with van der Waals surface area (Å²) in [5, 5.41) is 4.96. The van der Waals surface area contributed by atoms with Gasteiger partial charge in [-0.2, -0.15) is 9.78 Å². The Bertz CT molecular complexity index is 1280. The Morgan fingerprint density at radius 2 is 1.94 bits per heavy atom. The molecule has 0 fully saturated rings. The Balaban J connectivity index is 2.09. The van der Waals surface area contributed by atoms with Gasteiger partial charge in [0.15, 0.2) is 6.10 Å². The van der Waals surface area contributed by atoms with E-state index in [-0.39, 0.29) is 18.1 Å². The van der Waals surface area contributed by atoms with Crippen molar-refractivity contribution in [2.75, 3.05) is 25.6 Å². The van der Waals surface area contributed by atoms with Crippen LogP contribution in [0.1, 0.15) is 45.0 Å². The Morgan fingerprint density at radius 3 is 2.59 bits per heavy atom. The monoisotopic (exact) mass is 528 g/mol. The first-order valence-electron chi connectivity index (χ1n) is 11.0. The van der Waals surface area contributed by atoms with Crippen LogP contribution in [0.2, 0.25) is 0 Å². The number of aromatic nitrogens is 2. The molecule has 0 amide bonds. The number of hydrogen-bond donors (Lipinski definition) is 0. The number of esters is 1. The van der Waals surface area contributed by atoms with E-state index < -0.39 is 12.1 Å². The first kappa shape index (κ1) is 25.4. The van der Waals surface area contributed by atoms with E-state index in [4.69, 9.17) is 9.47 Å². The standard InChI is InChI=1S/C25H29BrN4O4/c1-7-33-25(32)16(4)34-22-13-19(29(5)6)10-8-17(22)14-27-30-23(15(2)3)28-21-11-9-18(26)12-20(21)24(30)31/h8-16H,7H2,1-6H3/t16-/m0/s1. The summed E-state index contributed by atoms with van der Waals surface area (Å²) in [5.74, 6) is 0.506. The predicted molar refractivity (Wildman–Crippen MR) is 138 cm³/mol. The molecule has 3 aromatic rings. The smallest absolute Gasteiger partial charge is 0.347 e. The SMILES string of the molecule is CCOC(=O)[C@H](C)Oc1cc(N(C)C)ccc1C=Nn1c(C(C)C)nc2ccc(Br)cc2c1=O.